The average molecular weight is 444 g/mol. The van der Waals surface area contributed by atoms with Gasteiger partial charge in [0.2, 0.25) is 5.82 Å². The molecule has 0 radical (unpaired) electrons. The predicted molar refractivity (Wildman–Crippen MR) is 125 cm³/mol. The lowest BCUT2D eigenvalue weighted by Crippen LogP contribution is -2.49. The number of aromatic nitrogens is 3. The molecule has 0 unspecified atom stereocenters. The normalized spacial score (nSPS) is 13.9. The van der Waals surface area contributed by atoms with Crippen molar-refractivity contribution in [1.82, 2.24) is 19.7 Å². The van der Waals surface area contributed by atoms with Crippen LogP contribution in [0.1, 0.15) is 16.2 Å². The molecular formula is C25H25N5O3. The van der Waals surface area contributed by atoms with E-state index in [9.17, 15) is 4.79 Å². The van der Waals surface area contributed by atoms with Crippen LogP contribution in [0.5, 0.6) is 5.75 Å². The maximum atomic E-state index is 13.3. The number of carbonyl (C=O) groups is 1. The van der Waals surface area contributed by atoms with Crippen molar-refractivity contribution in [2.24, 2.45) is 0 Å². The van der Waals surface area contributed by atoms with Crippen molar-refractivity contribution in [2.75, 3.05) is 38.2 Å². The second-order valence-electron chi connectivity index (χ2n) is 7.94. The van der Waals surface area contributed by atoms with Gasteiger partial charge in [-0.25, -0.2) is 4.68 Å². The molecule has 4 aromatic rings. The summed E-state index contributed by atoms with van der Waals surface area (Å²) in [4.78, 5) is 21.9. The van der Waals surface area contributed by atoms with Gasteiger partial charge in [-0.05, 0) is 48.9 Å². The first kappa shape index (κ1) is 20.8. The second kappa shape index (κ2) is 8.82. The van der Waals surface area contributed by atoms with E-state index < -0.39 is 0 Å². The Balaban J connectivity index is 1.39. The molecule has 1 saturated heterocycles. The third-order valence-corrected chi connectivity index (χ3v) is 5.78. The molecule has 1 aliphatic heterocycles. The molecule has 8 nitrogen and oxygen atoms in total. The van der Waals surface area contributed by atoms with Crippen LogP contribution in [0.4, 0.5) is 5.69 Å². The van der Waals surface area contributed by atoms with Gasteiger partial charge < -0.3 is 19.0 Å². The van der Waals surface area contributed by atoms with Crippen molar-refractivity contribution in [3.63, 3.8) is 0 Å². The number of carbonyl (C=O) groups excluding carboxylic acids is 1. The number of hydrogen-bond acceptors (Lipinski definition) is 6. The van der Waals surface area contributed by atoms with Crippen LogP contribution < -0.4 is 9.64 Å². The lowest BCUT2D eigenvalue weighted by atomic mass is 10.2. The van der Waals surface area contributed by atoms with Gasteiger partial charge in [0.1, 0.15) is 5.75 Å². The fraction of sp³-hybridized carbons (Fsp3) is 0.240. The minimum absolute atomic E-state index is 0.161. The van der Waals surface area contributed by atoms with Crippen LogP contribution >= 0.6 is 0 Å². The molecule has 33 heavy (non-hydrogen) atoms. The van der Waals surface area contributed by atoms with E-state index in [1.165, 1.54) is 0 Å². The number of methoxy groups -OCH3 is 1. The molecule has 0 saturated carbocycles. The summed E-state index contributed by atoms with van der Waals surface area (Å²) < 4.78 is 12.7. The molecular weight excluding hydrogens is 418 g/mol. The van der Waals surface area contributed by atoms with Crippen molar-refractivity contribution in [2.45, 2.75) is 6.92 Å². The highest BCUT2D eigenvalue weighted by molar-refractivity contribution is 5.91. The van der Waals surface area contributed by atoms with Gasteiger partial charge in [0.05, 0.1) is 24.7 Å². The molecule has 0 spiro atoms. The zero-order valence-electron chi connectivity index (χ0n) is 18.6. The van der Waals surface area contributed by atoms with Gasteiger partial charge in [0, 0.05) is 26.2 Å². The molecule has 8 heteroatoms. The zero-order valence-corrected chi connectivity index (χ0v) is 18.6. The Morgan fingerprint density at radius 2 is 1.82 bits per heavy atom. The van der Waals surface area contributed by atoms with Gasteiger partial charge in [-0.3, -0.25) is 4.79 Å². The Bertz CT molecular complexity index is 1260. The Labute approximate surface area is 192 Å². The Hall–Kier alpha value is -4.07. The largest absolute Gasteiger partial charge is 0.495 e. The van der Waals surface area contributed by atoms with Crippen LogP contribution in [-0.2, 0) is 0 Å². The van der Waals surface area contributed by atoms with Gasteiger partial charge in [-0.2, -0.15) is 4.98 Å². The topological polar surface area (TPSA) is 76.6 Å². The van der Waals surface area contributed by atoms with Crippen LogP contribution in [0, 0.1) is 6.92 Å². The molecule has 0 atom stereocenters. The molecule has 2 aromatic carbocycles. The van der Waals surface area contributed by atoms with E-state index in [4.69, 9.17) is 9.15 Å². The van der Waals surface area contributed by atoms with Crippen LogP contribution in [0.2, 0.25) is 0 Å². The quantitative estimate of drug-likeness (QED) is 0.467. The number of benzene rings is 2. The van der Waals surface area contributed by atoms with Gasteiger partial charge in [0.25, 0.3) is 5.91 Å². The smallest absolute Gasteiger partial charge is 0.293 e. The summed E-state index contributed by atoms with van der Waals surface area (Å²) in [5.41, 5.74) is 2.96. The van der Waals surface area contributed by atoms with Gasteiger partial charge in [-0.1, -0.05) is 24.3 Å². The standard InChI is InChI=1S/C25H25N5O3/c1-18-7-5-8-19(17-18)30-24(22-11-6-16-33-22)26-23(27-30)25(31)29-14-12-28(13-15-29)20-9-3-4-10-21(20)32-2/h3-11,16-17H,12-15H2,1-2H3. The summed E-state index contributed by atoms with van der Waals surface area (Å²) in [5, 5.41) is 4.58. The molecule has 1 fully saturated rings. The lowest BCUT2D eigenvalue weighted by Gasteiger charge is -2.36. The summed E-state index contributed by atoms with van der Waals surface area (Å²) >= 11 is 0. The van der Waals surface area contributed by atoms with E-state index in [-0.39, 0.29) is 11.7 Å². The SMILES string of the molecule is COc1ccccc1N1CCN(C(=O)c2nc(-c3ccco3)n(-c3cccc(C)c3)n2)CC1. The molecule has 0 aliphatic carbocycles. The van der Waals surface area contributed by atoms with Gasteiger partial charge >= 0.3 is 0 Å². The summed E-state index contributed by atoms with van der Waals surface area (Å²) in [6, 6.07) is 19.5. The van der Waals surface area contributed by atoms with Crippen LogP contribution in [-0.4, -0.2) is 58.9 Å². The van der Waals surface area contributed by atoms with E-state index >= 15 is 0 Å². The number of rotatable bonds is 5. The molecule has 1 aliphatic rings. The number of ether oxygens (including phenoxy) is 1. The minimum Gasteiger partial charge on any atom is -0.495 e. The Morgan fingerprint density at radius 3 is 2.55 bits per heavy atom. The molecule has 0 N–H and O–H groups in total. The fourth-order valence-electron chi connectivity index (χ4n) is 4.09. The first-order valence-corrected chi connectivity index (χ1v) is 10.9. The summed E-state index contributed by atoms with van der Waals surface area (Å²) in [5.74, 6) is 1.87. The highest BCUT2D eigenvalue weighted by Crippen LogP contribution is 2.29. The number of piperazine rings is 1. The third kappa shape index (κ3) is 4.07. The fourth-order valence-corrected chi connectivity index (χ4v) is 4.09. The molecule has 2 aromatic heterocycles. The van der Waals surface area contributed by atoms with Crippen LogP contribution in [0.3, 0.4) is 0 Å². The van der Waals surface area contributed by atoms with Crippen LogP contribution in [0.25, 0.3) is 17.3 Å². The van der Waals surface area contributed by atoms with E-state index in [0.29, 0.717) is 37.8 Å². The molecule has 168 valence electrons. The van der Waals surface area contributed by atoms with Crippen molar-refractivity contribution >= 4 is 11.6 Å². The van der Waals surface area contributed by atoms with E-state index in [0.717, 1.165) is 22.7 Å². The maximum Gasteiger partial charge on any atom is 0.293 e. The number of anilines is 1. The van der Waals surface area contributed by atoms with E-state index in [1.807, 2.05) is 61.5 Å². The van der Waals surface area contributed by atoms with Crippen molar-refractivity contribution in [1.29, 1.82) is 0 Å². The molecule has 3 heterocycles. The minimum atomic E-state index is -0.186. The summed E-state index contributed by atoms with van der Waals surface area (Å²) in [7, 11) is 1.67. The predicted octanol–water partition coefficient (Wildman–Crippen LogP) is 3.81. The Kier molecular flexibility index (Phi) is 5.56. The van der Waals surface area contributed by atoms with Gasteiger partial charge in [0.15, 0.2) is 11.6 Å². The second-order valence-corrected chi connectivity index (χ2v) is 7.94. The highest BCUT2D eigenvalue weighted by Gasteiger charge is 2.28. The van der Waals surface area contributed by atoms with E-state index in [2.05, 4.69) is 15.0 Å². The zero-order chi connectivity index (χ0) is 22.8. The number of furan rings is 1. The first-order valence-electron chi connectivity index (χ1n) is 10.9. The maximum absolute atomic E-state index is 13.3. The van der Waals surface area contributed by atoms with Crippen molar-refractivity contribution in [3.05, 3.63) is 78.3 Å². The third-order valence-electron chi connectivity index (χ3n) is 5.78. The van der Waals surface area contributed by atoms with Gasteiger partial charge in [-0.15, -0.1) is 5.10 Å². The lowest BCUT2D eigenvalue weighted by molar-refractivity contribution is 0.0734. The molecule has 5 rings (SSSR count). The Morgan fingerprint density at radius 1 is 1.00 bits per heavy atom. The highest BCUT2D eigenvalue weighted by atomic mass is 16.5. The molecule has 1 amide bonds. The number of aryl methyl sites for hydroxylation is 1. The number of hydrogen-bond donors (Lipinski definition) is 0. The number of amides is 1. The van der Waals surface area contributed by atoms with E-state index in [1.54, 1.807) is 29.0 Å². The first-order chi connectivity index (χ1) is 16.1. The van der Waals surface area contributed by atoms with Crippen molar-refractivity contribution < 1.29 is 13.9 Å². The van der Waals surface area contributed by atoms with Crippen molar-refractivity contribution in [3.8, 4) is 23.0 Å². The number of para-hydroxylation sites is 2. The van der Waals surface area contributed by atoms with Crippen LogP contribution in [0.15, 0.2) is 71.3 Å². The number of nitrogens with zero attached hydrogens (tertiary/aromatic N) is 5. The summed E-state index contributed by atoms with van der Waals surface area (Å²) in [6.07, 6.45) is 1.59. The molecule has 0 bridgehead atoms. The monoisotopic (exact) mass is 443 g/mol. The average Bonchev–Trinajstić information content (AvgIpc) is 3.54. The summed E-state index contributed by atoms with van der Waals surface area (Å²) in [6.45, 7) is 4.57.